The van der Waals surface area contributed by atoms with Crippen molar-refractivity contribution in [3.63, 3.8) is 0 Å². The van der Waals surface area contributed by atoms with Crippen LogP contribution in [-0.4, -0.2) is 34.1 Å². The van der Waals surface area contributed by atoms with Crippen molar-refractivity contribution in [2.75, 3.05) is 18.5 Å². The van der Waals surface area contributed by atoms with Gasteiger partial charge in [-0.3, -0.25) is 4.68 Å². The molecule has 2 heterocycles. The average Bonchev–Trinajstić information content (AvgIpc) is 2.92. The molecule has 0 bridgehead atoms. The highest BCUT2D eigenvalue weighted by atomic mass is 32.1. The number of ether oxygens (including phenoxy) is 1. The molecule has 0 saturated carbocycles. The van der Waals surface area contributed by atoms with Crippen molar-refractivity contribution in [1.29, 1.82) is 0 Å². The number of aryl methyl sites for hydroxylation is 2. The van der Waals surface area contributed by atoms with Crippen LogP contribution in [0.3, 0.4) is 0 Å². The van der Waals surface area contributed by atoms with E-state index in [1.807, 2.05) is 25.6 Å². The van der Waals surface area contributed by atoms with Crippen LogP contribution in [-0.2, 0) is 11.8 Å². The lowest BCUT2D eigenvalue weighted by Crippen LogP contribution is -2.35. The molecular weight excluding hydrogens is 248 g/mol. The number of nitrogens with zero attached hydrogens (tertiary/aromatic N) is 2. The van der Waals surface area contributed by atoms with Crippen LogP contribution in [0.1, 0.15) is 24.2 Å². The van der Waals surface area contributed by atoms with Crippen molar-refractivity contribution in [2.24, 2.45) is 7.05 Å². The third kappa shape index (κ3) is 3.00. The molecule has 5 nitrogen and oxygen atoms in total. The SMILES string of the molecule is Cc1nn(C)c(C)c1NC(=S)NC[C@@H]1CCCO1. The predicted molar refractivity (Wildman–Crippen MR) is 75.9 cm³/mol. The van der Waals surface area contributed by atoms with Crippen molar-refractivity contribution in [3.8, 4) is 0 Å². The van der Waals surface area contributed by atoms with Crippen LogP contribution in [0.25, 0.3) is 0 Å². The lowest BCUT2D eigenvalue weighted by atomic mass is 10.2. The molecular formula is C12H20N4OS. The fraction of sp³-hybridized carbons (Fsp3) is 0.667. The molecule has 2 rings (SSSR count). The van der Waals surface area contributed by atoms with E-state index in [0.717, 1.165) is 43.1 Å². The van der Waals surface area contributed by atoms with Crippen LogP contribution in [0.5, 0.6) is 0 Å². The van der Waals surface area contributed by atoms with Crippen molar-refractivity contribution in [2.45, 2.75) is 32.8 Å². The summed E-state index contributed by atoms with van der Waals surface area (Å²) < 4.78 is 7.39. The first-order chi connectivity index (χ1) is 8.58. The Morgan fingerprint density at radius 2 is 2.33 bits per heavy atom. The van der Waals surface area contributed by atoms with Gasteiger partial charge in [0.2, 0.25) is 0 Å². The number of nitrogens with one attached hydrogen (secondary N) is 2. The third-order valence-electron chi connectivity index (χ3n) is 3.26. The molecule has 18 heavy (non-hydrogen) atoms. The Morgan fingerprint density at radius 3 is 2.89 bits per heavy atom. The Morgan fingerprint density at radius 1 is 1.56 bits per heavy atom. The second kappa shape index (κ2) is 5.67. The van der Waals surface area contributed by atoms with Gasteiger partial charge < -0.3 is 15.4 Å². The van der Waals surface area contributed by atoms with Gasteiger partial charge in [0, 0.05) is 20.2 Å². The van der Waals surface area contributed by atoms with E-state index < -0.39 is 0 Å². The number of rotatable bonds is 3. The summed E-state index contributed by atoms with van der Waals surface area (Å²) in [4.78, 5) is 0. The van der Waals surface area contributed by atoms with Crippen molar-refractivity contribution in [1.82, 2.24) is 15.1 Å². The Kier molecular flexibility index (Phi) is 4.19. The fourth-order valence-corrected chi connectivity index (χ4v) is 2.31. The first-order valence-corrected chi connectivity index (χ1v) is 6.65. The molecule has 1 atom stereocenters. The zero-order valence-corrected chi connectivity index (χ0v) is 11.9. The summed E-state index contributed by atoms with van der Waals surface area (Å²) in [6, 6.07) is 0. The molecule has 100 valence electrons. The summed E-state index contributed by atoms with van der Waals surface area (Å²) in [7, 11) is 1.93. The molecule has 1 aliphatic rings. The van der Waals surface area contributed by atoms with Crippen LogP contribution in [0.4, 0.5) is 5.69 Å². The van der Waals surface area contributed by atoms with Gasteiger partial charge in [-0.2, -0.15) is 5.10 Å². The van der Waals surface area contributed by atoms with Gasteiger partial charge in [-0.25, -0.2) is 0 Å². The smallest absolute Gasteiger partial charge is 0.170 e. The number of hydrogen-bond acceptors (Lipinski definition) is 3. The van der Waals surface area contributed by atoms with E-state index in [4.69, 9.17) is 17.0 Å². The van der Waals surface area contributed by atoms with Crippen LogP contribution >= 0.6 is 12.2 Å². The molecule has 0 amide bonds. The Bertz CT molecular complexity index is 438. The summed E-state index contributed by atoms with van der Waals surface area (Å²) in [6.07, 6.45) is 2.55. The van der Waals surface area contributed by atoms with Gasteiger partial charge in [-0.1, -0.05) is 0 Å². The van der Waals surface area contributed by atoms with Crippen molar-refractivity contribution in [3.05, 3.63) is 11.4 Å². The van der Waals surface area contributed by atoms with Crippen LogP contribution in [0.2, 0.25) is 0 Å². The van der Waals surface area contributed by atoms with Crippen molar-refractivity contribution < 1.29 is 4.74 Å². The lowest BCUT2D eigenvalue weighted by molar-refractivity contribution is 0.114. The van der Waals surface area contributed by atoms with E-state index in [1.165, 1.54) is 0 Å². The van der Waals surface area contributed by atoms with E-state index in [1.54, 1.807) is 0 Å². The average molecular weight is 268 g/mol. The molecule has 0 radical (unpaired) electrons. The monoisotopic (exact) mass is 268 g/mol. The van der Waals surface area contributed by atoms with E-state index in [2.05, 4.69) is 15.7 Å². The molecule has 2 N–H and O–H groups in total. The Labute approximate surface area is 113 Å². The van der Waals surface area contributed by atoms with Gasteiger partial charge in [0.25, 0.3) is 0 Å². The van der Waals surface area contributed by atoms with E-state index >= 15 is 0 Å². The topological polar surface area (TPSA) is 51.1 Å². The fourth-order valence-electron chi connectivity index (χ4n) is 2.12. The minimum absolute atomic E-state index is 0.292. The zero-order valence-electron chi connectivity index (χ0n) is 11.1. The molecule has 0 aromatic carbocycles. The number of anilines is 1. The minimum Gasteiger partial charge on any atom is -0.376 e. The van der Waals surface area contributed by atoms with E-state index in [9.17, 15) is 0 Å². The standard InChI is InChI=1S/C12H20N4OS/c1-8-11(9(2)16(3)15-8)14-12(18)13-7-10-5-4-6-17-10/h10H,4-7H2,1-3H3,(H2,13,14,18)/t10-/m0/s1. The molecule has 1 fully saturated rings. The minimum atomic E-state index is 0.292. The zero-order chi connectivity index (χ0) is 13.1. The van der Waals surface area contributed by atoms with Gasteiger partial charge in [0.1, 0.15) is 0 Å². The van der Waals surface area contributed by atoms with Crippen molar-refractivity contribution >= 4 is 23.0 Å². The highest BCUT2D eigenvalue weighted by Crippen LogP contribution is 2.18. The molecule has 1 aromatic heterocycles. The number of thiocarbonyl (C=S) groups is 1. The van der Waals surface area contributed by atoms with Gasteiger partial charge in [-0.05, 0) is 38.9 Å². The van der Waals surface area contributed by atoms with Gasteiger partial charge in [0.05, 0.1) is 23.2 Å². The summed E-state index contributed by atoms with van der Waals surface area (Å²) in [6.45, 7) is 5.63. The third-order valence-corrected chi connectivity index (χ3v) is 3.51. The predicted octanol–water partition coefficient (Wildman–Crippen LogP) is 1.50. The van der Waals surface area contributed by atoms with Gasteiger partial charge >= 0.3 is 0 Å². The van der Waals surface area contributed by atoms with E-state index in [0.29, 0.717) is 11.2 Å². The highest BCUT2D eigenvalue weighted by molar-refractivity contribution is 7.80. The quantitative estimate of drug-likeness (QED) is 0.814. The molecule has 0 spiro atoms. The molecule has 1 saturated heterocycles. The second-order valence-corrected chi connectivity index (χ2v) is 5.05. The van der Waals surface area contributed by atoms with Gasteiger partial charge in [0.15, 0.2) is 5.11 Å². The first-order valence-electron chi connectivity index (χ1n) is 6.24. The summed E-state index contributed by atoms with van der Waals surface area (Å²) >= 11 is 5.28. The first kappa shape index (κ1) is 13.3. The maximum absolute atomic E-state index is 5.54. The van der Waals surface area contributed by atoms with Crippen LogP contribution in [0.15, 0.2) is 0 Å². The summed E-state index contributed by atoms with van der Waals surface area (Å²) in [5, 5.41) is 11.4. The van der Waals surface area contributed by atoms with E-state index in [-0.39, 0.29) is 0 Å². The summed E-state index contributed by atoms with van der Waals surface area (Å²) in [5.41, 5.74) is 3.02. The highest BCUT2D eigenvalue weighted by Gasteiger charge is 2.16. The Hall–Kier alpha value is -1.14. The maximum atomic E-state index is 5.54. The second-order valence-electron chi connectivity index (χ2n) is 4.64. The number of hydrogen-bond donors (Lipinski definition) is 2. The van der Waals surface area contributed by atoms with Crippen LogP contribution < -0.4 is 10.6 Å². The normalized spacial score (nSPS) is 18.9. The maximum Gasteiger partial charge on any atom is 0.170 e. The Balaban J connectivity index is 1.86. The molecule has 0 aliphatic carbocycles. The molecule has 1 aliphatic heterocycles. The largest absolute Gasteiger partial charge is 0.376 e. The van der Waals surface area contributed by atoms with Crippen LogP contribution in [0, 0.1) is 13.8 Å². The lowest BCUT2D eigenvalue weighted by Gasteiger charge is -2.14. The molecule has 6 heteroatoms. The summed E-state index contributed by atoms with van der Waals surface area (Å²) in [5.74, 6) is 0. The number of aromatic nitrogens is 2. The molecule has 1 aromatic rings. The molecule has 0 unspecified atom stereocenters. The van der Waals surface area contributed by atoms with Gasteiger partial charge in [-0.15, -0.1) is 0 Å².